The molecule has 0 unspecified atom stereocenters. The van der Waals surface area contributed by atoms with Crippen LogP contribution < -0.4 is 0 Å². The van der Waals surface area contributed by atoms with Gasteiger partial charge in [0.15, 0.2) is 16.8 Å². The molecule has 6 rings (SSSR count). The van der Waals surface area contributed by atoms with Crippen LogP contribution in [0.4, 0.5) is 0 Å². The standard InChI is InChI=1S/C30H20ClN3OS2/c31-28-27(24-13-7-8-14-26(24)37-28)29-32-33-30(34(29)23-11-5-2-6-12-23)36-19-25(35)22-17-15-21(16-18-22)20-9-3-1-4-10-20/h1-18H,19H2. The van der Waals surface area contributed by atoms with E-state index in [4.69, 9.17) is 11.6 Å². The molecule has 0 amide bonds. The number of Topliss-reactive ketones (excluding diaryl/α,β-unsaturated/α-hetero) is 1. The van der Waals surface area contributed by atoms with E-state index in [1.165, 1.54) is 23.1 Å². The molecule has 0 atom stereocenters. The predicted molar refractivity (Wildman–Crippen MR) is 154 cm³/mol. The summed E-state index contributed by atoms with van der Waals surface area (Å²) in [6, 6.07) is 35.9. The summed E-state index contributed by atoms with van der Waals surface area (Å²) in [5.41, 5.74) is 4.64. The van der Waals surface area contributed by atoms with Crippen LogP contribution in [0.2, 0.25) is 4.34 Å². The lowest BCUT2D eigenvalue weighted by Gasteiger charge is -2.10. The van der Waals surface area contributed by atoms with Gasteiger partial charge in [0, 0.05) is 21.3 Å². The van der Waals surface area contributed by atoms with Gasteiger partial charge in [-0.1, -0.05) is 114 Å². The van der Waals surface area contributed by atoms with Gasteiger partial charge in [-0.25, -0.2) is 0 Å². The van der Waals surface area contributed by atoms with Gasteiger partial charge in [0.2, 0.25) is 0 Å². The average Bonchev–Trinajstić information content (AvgIpc) is 3.52. The summed E-state index contributed by atoms with van der Waals surface area (Å²) in [6.07, 6.45) is 0. The number of carbonyl (C=O) groups is 1. The number of rotatable bonds is 7. The van der Waals surface area contributed by atoms with Gasteiger partial charge in [0.25, 0.3) is 0 Å². The number of nitrogens with zero attached hydrogens (tertiary/aromatic N) is 3. The largest absolute Gasteiger partial charge is 0.293 e. The Labute approximate surface area is 227 Å². The summed E-state index contributed by atoms with van der Waals surface area (Å²) in [7, 11) is 0. The van der Waals surface area contributed by atoms with Crippen molar-refractivity contribution in [2.45, 2.75) is 5.16 Å². The molecule has 0 aliphatic carbocycles. The molecule has 180 valence electrons. The van der Waals surface area contributed by atoms with Gasteiger partial charge in [-0.05, 0) is 29.3 Å². The molecule has 6 aromatic rings. The number of thioether (sulfide) groups is 1. The number of carbonyl (C=O) groups excluding carboxylic acids is 1. The lowest BCUT2D eigenvalue weighted by Crippen LogP contribution is -2.05. The highest BCUT2D eigenvalue weighted by Gasteiger charge is 2.22. The van der Waals surface area contributed by atoms with Gasteiger partial charge in [0.1, 0.15) is 4.34 Å². The molecule has 4 aromatic carbocycles. The van der Waals surface area contributed by atoms with Crippen molar-refractivity contribution in [3.05, 3.63) is 119 Å². The number of fused-ring (bicyclic) bond motifs is 1. The van der Waals surface area contributed by atoms with Gasteiger partial charge in [-0.3, -0.25) is 9.36 Å². The van der Waals surface area contributed by atoms with Crippen LogP contribution in [0.15, 0.2) is 114 Å². The fourth-order valence-electron chi connectivity index (χ4n) is 4.25. The first-order valence-corrected chi connectivity index (χ1v) is 13.9. The van der Waals surface area contributed by atoms with Crippen LogP contribution in [0.3, 0.4) is 0 Å². The minimum Gasteiger partial charge on any atom is -0.293 e. The second-order valence-electron chi connectivity index (χ2n) is 8.38. The van der Waals surface area contributed by atoms with E-state index in [1.54, 1.807) is 0 Å². The molecule has 0 radical (unpaired) electrons. The van der Waals surface area contributed by atoms with Gasteiger partial charge in [0.05, 0.1) is 11.3 Å². The lowest BCUT2D eigenvalue weighted by molar-refractivity contribution is 0.102. The van der Waals surface area contributed by atoms with Crippen molar-refractivity contribution >= 4 is 50.6 Å². The van der Waals surface area contributed by atoms with E-state index in [0.717, 1.165) is 32.5 Å². The maximum Gasteiger partial charge on any atom is 0.196 e. The van der Waals surface area contributed by atoms with Gasteiger partial charge < -0.3 is 0 Å². The van der Waals surface area contributed by atoms with Gasteiger partial charge in [-0.2, -0.15) is 0 Å². The van der Waals surface area contributed by atoms with Gasteiger partial charge in [-0.15, -0.1) is 21.5 Å². The van der Waals surface area contributed by atoms with Crippen LogP contribution in [0.25, 0.3) is 38.3 Å². The average molecular weight is 538 g/mol. The third kappa shape index (κ3) is 4.71. The van der Waals surface area contributed by atoms with Crippen molar-refractivity contribution in [3.63, 3.8) is 0 Å². The normalized spacial score (nSPS) is 11.2. The highest BCUT2D eigenvalue weighted by molar-refractivity contribution is 7.99. The summed E-state index contributed by atoms with van der Waals surface area (Å²) in [4.78, 5) is 13.1. The van der Waals surface area contributed by atoms with Crippen molar-refractivity contribution in [2.75, 3.05) is 5.75 Å². The Morgan fingerprint density at radius 1 is 0.784 bits per heavy atom. The SMILES string of the molecule is O=C(CSc1nnc(-c2c(Cl)sc3ccccc23)n1-c1ccccc1)c1ccc(-c2ccccc2)cc1. The fourth-order valence-corrected chi connectivity index (χ4v) is 6.46. The number of benzene rings is 4. The minimum absolute atomic E-state index is 0.0350. The topological polar surface area (TPSA) is 47.8 Å². The number of ketones is 1. The minimum atomic E-state index is 0.0350. The molecule has 0 saturated heterocycles. The molecule has 2 aromatic heterocycles. The molecule has 7 heteroatoms. The van der Waals surface area contributed by atoms with E-state index in [0.29, 0.717) is 20.9 Å². The Hall–Kier alpha value is -3.71. The molecular formula is C30H20ClN3OS2. The molecule has 2 heterocycles. The maximum atomic E-state index is 13.1. The Bertz CT molecular complexity index is 1690. The fraction of sp³-hybridized carbons (Fsp3) is 0.0333. The molecule has 0 saturated carbocycles. The first-order chi connectivity index (χ1) is 18.2. The highest BCUT2D eigenvalue weighted by Crippen LogP contribution is 2.42. The first-order valence-electron chi connectivity index (χ1n) is 11.7. The van der Waals surface area contributed by atoms with Crippen LogP contribution in [0.5, 0.6) is 0 Å². The third-order valence-corrected chi connectivity index (χ3v) is 8.38. The molecule has 0 fully saturated rings. The van der Waals surface area contributed by atoms with E-state index in [1.807, 2.05) is 95.6 Å². The molecule has 0 bridgehead atoms. The predicted octanol–water partition coefficient (Wildman–Crippen LogP) is 8.44. The Morgan fingerprint density at radius 3 is 2.19 bits per heavy atom. The number of aromatic nitrogens is 3. The van der Waals surface area contributed by atoms with Crippen LogP contribution in [0, 0.1) is 0 Å². The third-order valence-electron chi connectivity index (χ3n) is 6.07. The second-order valence-corrected chi connectivity index (χ2v) is 11.0. The summed E-state index contributed by atoms with van der Waals surface area (Å²) >= 11 is 9.61. The van der Waals surface area contributed by atoms with Crippen molar-refractivity contribution < 1.29 is 4.79 Å². The molecule has 0 aliphatic heterocycles. The van der Waals surface area contributed by atoms with Crippen LogP contribution in [-0.4, -0.2) is 26.3 Å². The number of hydrogen-bond donors (Lipinski definition) is 0. The summed E-state index contributed by atoms with van der Waals surface area (Å²) < 4.78 is 3.74. The molecular weight excluding hydrogens is 518 g/mol. The highest BCUT2D eigenvalue weighted by atomic mass is 35.5. The zero-order valence-corrected chi connectivity index (χ0v) is 21.9. The molecule has 0 aliphatic rings. The Kier molecular flexibility index (Phi) is 6.62. The quantitative estimate of drug-likeness (QED) is 0.151. The van der Waals surface area contributed by atoms with Gasteiger partial charge >= 0.3 is 0 Å². The van der Waals surface area contributed by atoms with Crippen molar-refractivity contribution in [1.82, 2.24) is 14.8 Å². The number of halogens is 1. The van der Waals surface area contributed by atoms with Crippen molar-refractivity contribution in [3.8, 4) is 28.2 Å². The molecule has 0 spiro atoms. The second kappa shape index (κ2) is 10.3. The monoisotopic (exact) mass is 537 g/mol. The summed E-state index contributed by atoms with van der Waals surface area (Å²) in [5.74, 6) is 0.942. The number of thiophene rings is 1. The van der Waals surface area contributed by atoms with E-state index >= 15 is 0 Å². The first kappa shape index (κ1) is 23.7. The number of hydrogen-bond acceptors (Lipinski definition) is 5. The van der Waals surface area contributed by atoms with Crippen LogP contribution in [0.1, 0.15) is 10.4 Å². The van der Waals surface area contributed by atoms with E-state index in [9.17, 15) is 4.79 Å². The zero-order chi connectivity index (χ0) is 25.2. The van der Waals surface area contributed by atoms with E-state index in [2.05, 4.69) is 28.4 Å². The molecule has 37 heavy (non-hydrogen) atoms. The Balaban J connectivity index is 1.31. The summed E-state index contributed by atoms with van der Waals surface area (Å²) in [6.45, 7) is 0. The van der Waals surface area contributed by atoms with Crippen LogP contribution >= 0.6 is 34.7 Å². The van der Waals surface area contributed by atoms with E-state index < -0.39 is 0 Å². The summed E-state index contributed by atoms with van der Waals surface area (Å²) in [5, 5.41) is 10.7. The van der Waals surface area contributed by atoms with Crippen molar-refractivity contribution in [2.24, 2.45) is 0 Å². The van der Waals surface area contributed by atoms with Crippen LogP contribution in [-0.2, 0) is 0 Å². The molecule has 0 N–H and O–H groups in total. The zero-order valence-electron chi connectivity index (χ0n) is 19.5. The molecule has 4 nitrogen and oxygen atoms in total. The number of para-hydroxylation sites is 1. The van der Waals surface area contributed by atoms with E-state index in [-0.39, 0.29) is 11.5 Å². The maximum absolute atomic E-state index is 13.1. The lowest BCUT2D eigenvalue weighted by atomic mass is 10.0. The smallest absolute Gasteiger partial charge is 0.196 e. The Morgan fingerprint density at radius 2 is 1.43 bits per heavy atom. The van der Waals surface area contributed by atoms with Crippen molar-refractivity contribution in [1.29, 1.82) is 0 Å².